The van der Waals surface area contributed by atoms with Gasteiger partial charge in [-0.25, -0.2) is 9.97 Å². The largest absolute Gasteiger partial charge is 0.397 e. The highest BCUT2D eigenvalue weighted by molar-refractivity contribution is 6.30. The van der Waals surface area contributed by atoms with Crippen LogP contribution in [-0.2, 0) is 6.54 Å². The van der Waals surface area contributed by atoms with Gasteiger partial charge < -0.3 is 22.1 Å². The number of hydrogen-bond donors (Lipinski definition) is 4. The van der Waals surface area contributed by atoms with Crippen LogP contribution in [0.2, 0.25) is 5.02 Å². The SMILES string of the molecule is NCC1CCC(Nc2cc(-c3cccc(NCc4cccc(Cl)c4)n3)c(N)cn2)CC1. The predicted molar refractivity (Wildman–Crippen MR) is 129 cm³/mol. The van der Waals surface area contributed by atoms with Crippen LogP contribution in [0, 0.1) is 5.92 Å². The van der Waals surface area contributed by atoms with Crippen LogP contribution in [0.4, 0.5) is 17.3 Å². The number of nitrogens with one attached hydrogen (secondary N) is 2. The number of aromatic nitrogens is 2. The molecule has 31 heavy (non-hydrogen) atoms. The van der Waals surface area contributed by atoms with Crippen LogP contribution >= 0.6 is 11.6 Å². The lowest BCUT2D eigenvalue weighted by atomic mass is 9.86. The molecule has 1 fully saturated rings. The quantitative estimate of drug-likeness (QED) is 0.419. The molecule has 1 saturated carbocycles. The lowest BCUT2D eigenvalue weighted by Gasteiger charge is -2.28. The summed E-state index contributed by atoms with van der Waals surface area (Å²) in [6.45, 7) is 1.42. The van der Waals surface area contributed by atoms with Crippen LogP contribution in [0.25, 0.3) is 11.3 Å². The van der Waals surface area contributed by atoms with Crippen molar-refractivity contribution in [1.82, 2.24) is 9.97 Å². The lowest BCUT2D eigenvalue weighted by molar-refractivity contribution is 0.344. The van der Waals surface area contributed by atoms with Crippen molar-refractivity contribution in [1.29, 1.82) is 0 Å². The summed E-state index contributed by atoms with van der Waals surface area (Å²) in [6.07, 6.45) is 6.27. The number of nitrogens with two attached hydrogens (primary N) is 2. The molecule has 0 radical (unpaired) electrons. The summed E-state index contributed by atoms with van der Waals surface area (Å²) in [5, 5.41) is 7.65. The number of benzene rings is 1. The van der Waals surface area contributed by atoms with E-state index in [-0.39, 0.29) is 0 Å². The molecule has 0 spiro atoms. The van der Waals surface area contributed by atoms with Crippen molar-refractivity contribution in [3.63, 3.8) is 0 Å². The minimum absolute atomic E-state index is 0.422. The average molecular weight is 437 g/mol. The topological polar surface area (TPSA) is 102 Å². The van der Waals surface area contributed by atoms with E-state index in [0.717, 1.165) is 65.7 Å². The van der Waals surface area contributed by atoms with Crippen LogP contribution in [0.5, 0.6) is 0 Å². The molecular formula is C24H29ClN6. The van der Waals surface area contributed by atoms with Gasteiger partial charge in [-0.05, 0) is 74.0 Å². The maximum absolute atomic E-state index is 6.24. The molecule has 1 aliphatic carbocycles. The van der Waals surface area contributed by atoms with Crippen LogP contribution in [-0.4, -0.2) is 22.6 Å². The molecule has 0 bridgehead atoms. The first-order valence-corrected chi connectivity index (χ1v) is 11.2. The zero-order valence-electron chi connectivity index (χ0n) is 17.5. The van der Waals surface area contributed by atoms with E-state index in [1.807, 2.05) is 48.5 Å². The van der Waals surface area contributed by atoms with Gasteiger partial charge in [0.25, 0.3) is 0 Å². The number of hydrogen-bond acceptors (Lipinski definition) is 6. The van der Waals surface area contributed by atoms with Crippen LogP contribution in [0.1, 0.15) is 31.2 Å². The van der Waals surface area contributed by atoms with Gasteiger partial charge >= 0.3 is 0 Å². The first kappa shape index (κ1) is 21.4. The standard InChI is InChI=1S/C24H29ClN6/c25-18-4-1-3-17(11-18)14-28-23-6-2-5-22(31-23)20-12-24(29-15-21(20)27)30-19-9-7-16(13-26)8-10-19/h1-6,11-12,15-16,19H,7-10,13-14,26-27H2,(H,28,31)(H,29,30). The predicted octanol–water partition coefficient (Wildman–Crippen LogP) is 4.92. The Balaban J connectivity index is 1.46. The molecule has 0 atom stereocenters. The summed E-state index contributed by atoms with van der Waals surface area (Å²) in [5.41, 5.74) is 15.4. The summed E-state index contributed by atoms with van der Waals surface area (Å²) in [6, 6.07) is 16.1. The molecule has 7 heteroatoms. The second-order valence-electron chi connectivity index (χ2n) is 8.15. The monoisotopic (exact) mass is 436 g/mol. The third kappa shape index (κ3) is 5.66. The minimum atomic E-state index is 0.422. The van der Waals surface area contributed by atoms with Gasteiger partial charge in [-0.15, -0.1) is 0 Å². The van der Waals surface area contributed by atoms with E-state index >= 15 is 0 Å². The van der Waals surface area contributed by atoms with E-state index in [1.54, 1.807) is 6.20 Å². The third-order valence-corrected chi connectivity index (χ3v) is 6.09. The Morgan fingerprint density at radius 2 is 1.81 bits per heavy atom. The normalized spacial score (nSPS) is 18.5. The highest BCUT2D eigenvalue weighted by Gasteiger charge is 2.20. The van der Waals surface area contributed by atoms with E-state index < -0.39 is 0 Å². The fraction of sp³-hybridized carbons (Fsp3) is 0.333. The zero-order chi connectivity index (χ0) is 21.6. The number of anilines is 3. The molecular weight excluding hydrogens is 408 g/mol. The average Bonchev–Trinajstić information content (AvgIpc) is 2.80. The molecule has 2 heterocycles. The highest BCUT2D eigenvalue weighted by atomic mass is 35.5. The smallest absolute Gasteiger partial charge is 0.126 e. The molecule has 4 rings (SSSR count). The van der Waals surface area contributed by atoms with Crippen LogP contribution < -0.4 is 22.1 Å². The molecule has 0 unspecified atom stereocenters. The molecule has 3 aromatic rings. The first-order chi connectivity index (χ1) is 15.1. The van der Waals surface area contributed by atoms with Gasteiger partial charge in [0.2, 0.25) is 0 Å². The van der Waals surface area contributed by atoms with E-state index in [2.05, 4.69) is 15.6 Å². The Kier molecular flexibility index (Phi) is 6.89. The number of rotatable bonds is 7. The van der Waals surface area contributed by atoms with E-state index in [9.17, 15) is 0 Å². The lowest BCUT2D eigenvalue weighted by Crippen LogP contribution is -2.29. The van der Waals surface area contributed by atoms with E-state index in [0.29, 0.717) is 24.2 Å². The molecule has 0 saturated heterocycles. The van der Waals surface area contributed by atoms with Gasteiger partial charge in [0.05, 0.1) is 17.6 Å². The summed E-state index contributed by atoms with van der Waals surface area (Å²) in [4.78, 5) is 9.24. The summed E-state index contributed by atoms with van der Waals surface area (Å²) >= 11 is 6.07. The molecule has 6 N–H and O–H groups in total. The summed E-state index contributed by atoms with van der Waals surface area (Å²) in [5.74, 6) is 2.27. The van der Waals surface area contributed by atoms with Crippen molar-refractivity contribution in [2.75, 3.05) is 22.9 Å². The molecule has 0 amide bonds. The van der Waals surface area contributed by atoms with Gasteiger partial charge in [0.15, 0.2) is 0 Å². The maximum atomic E-state index is 6.24. The van der Waals surface area contributed by atoms with Crippen molar-refractivity contribution < 1.29 is 0 Å². The summed E-state index contributed by atoms with van der Waals surface area (Å²) < 4.78 is 0. The Morgan fingerprint density at radius 1 is 1.00 bits per heavy atom. The number of nitrogens with zero attached hydrogens (tertiary/aromatic N) is 2. The molecule has 2 aromatic heterocycles. The second-order valence-corrected chi connectivity index (χ2v) is 8.58. The number of pyridine rings is 2. The fourth-order valence-corrected chi connectivity index (χ4v) is 4.25. The van der Waals surface area contributed by atoms with Crippen molar-refractivity contribution >= 4 is 28.9 Å². The van der Waals surface area contributed by atoms with Crippen molar-refractivity contribution in [2.24, 2.45) is 11.7 Å². The fourth-order valence-electron chi connectivity index (χ4n) is 4.04. The van der Waals surface area contributed by atoms with Gasteiger partial charge in [0, 0.05) is 23.2 Å². The zero-order valence-corrected chi connectivity index (χ0v) is 18.3. The van der Waals surface area contributed by atoms with Crippen LogP contribution in [0.15, 0.2) is 54.7 Å². The van der Waals surface area contributed by atoms with Crippen LogP contribution in [0.3, 0.4) is 0 Å². The molecule has 1 aliphatic rings. The van der Waals surface area contributed by atoms with E-state index in [1.165, 1.54) is 0 Å². The molecule has 0 aliphatic heterocycles. The maximum Gasteiger partial charge on any atom is 0.126 e. The van der Waals surface area contributed by atoms with E-state index in [4.69, 9.17) is 28.1 Å². The number of halogens is 1. The first-order valence-electron chi connectivity index (χ1n) is 10.8. The highest BCUT2D eigenvalue weighted by Crippen LogP contribution is 2.30. The summed E-state index contributed by atoms with van der Waals surface area (Å²) in [7, 11) is 0. The van der Waals surface area contributed by atoms with Gasteiger partial charge in [-0.2, -0.15) is 0 Å². The molecule has 1 aromatic carbocycles. The Morgan fingerprint density at radius 3 is 2.58 bits per heavy atom. The minimum Gasteiger partial charge on any atom is -0.397 e. The molecule has 162 valence electrons. The third-order valence-electron chi connectivity index (χ3n) is 5.85. The van der Waals surface area contributed by atoms with Gasteiger partial charge in [-0.3, -0.25) is 0 Å². The van der Waals surface area contributed by atoms with Crippen molar-refractivity contribution in [3.8, 4) is 11.3 Å². The van der Waals surface area contributed by atoms with Gasteiger partial charge in [0.1, 0.15) is 11.6 Å². The Hall–Kier alpha value is -2.83. The Bertz CT molecular complexity index is 1020. The van der Waals surface area contributed by atoms with Gasteiger partial charge in [-0.1, -0.05) is 29.8 Å². The number of nitrogen functional groups attached to an aromatic ring is 1. The Labute approximate surface area is 188 Å². The van der Waals surface area contributed by atoms with Crippen molar-refractivity contribution in [3.05, 3.63) is 65.3 Å². The van der Waals surface area contributed by atoms with Crippen molar-refractivity contribution in [2.45, 2.75) is 38.3 Å². The molecule has 6 nitrogen and oxygen atoms in total. The second kappa shape index (κ2) is 9.98.